The van der Waals surface area contributed by atoms with Crippen molar-refractivity contribution in [1.82, 2.24) is 9.80 Å². The second-order valence-corrected chi connectivity index (χ2v) is 8.62. The molecular weight excluding hydrogens is 268 g/mol. The molecule has 126 valence electrons. The topological polar surface area (TPSA) is 6.48 Å². The van der Waals surface area contributed by atoms with Gasteiger partial charge in [-0.05, 0) is 76.5 Å². The molecule has 2 saturated heterocycles. The molecule has 0 aromatic heterocycles. The Morgan fingerprint density at radius 2 is 0.818 bits per heavy atom. The van der Waals surface area contributed by atoms with Gasteiger partial charge in [0.2, 0.25) is 0 Å². The lowest BCUT2D eigenvalue weighted by Gasteiger charge is -2.44. The molecule has 0 unspecified atom stereocenters. The van der Waals surface area contributed by atoms with Crippen molar-refractivity contribution >= 4 is 0 Å². The van der Waals surface area contributed by atoms with Crippen LogP contribution in [0.5, 0.6) is 0 Å². The highest BCUT2D eigenvalue weighted by molar-refractivity contribution is 4.88. The van der Waals surface area contributed by atoms with Crippen molar-refractivity contribution < 1.29 is 0 Å². The Kier molecular flexibility index (Phi) is 5.07. The van der Waals surface area contributed by atoms with Crippen LogP contribution in [0.2, 0.25) is 0 Å². The van der Waals surface area contributed by atoms with Crippen LogP contribution in [0.3, 0.4) is 0 Å². The average molecular weight is 305 g/mol. The third-order valence-electron chi connectivity index (χ3n) is 7.50. The first-order valence-electron chi connectivity index (χ1n) is 10.4. The van der Waals surface area contributed by atoms with E-state index < -0.39 is 0 Å². The number of nitrogens with zero attached hydrogens (tertiary/aromatic N) is 2. The number of hydrogen-bond acceptors (Lipinski definition) is 2. The molecule has 0 N–H and O–H groups in total. The standard InChI is InChI=1S/C20H36N2/c1-2-6-17(5-1)18-9-13-21(14-10-18)20-11-15-22(16-12-20)19-7-3-4-8-19/h17-20H,1-16H2. The van der Waals surface area contributed by atoms with Crippen molar-refractivity contribution in [2.24, 2.45) is 11.8 Å². The SMILES string of the molecule is C1CCC(C2CCN(C3CCN(C4CCCC4)CC3)CC2)C1. The largest absolute Gasteiger partial charge is 0.300 e. The molecule has 2 nitrogen and oxygen atoms in total. The fraction of sp³-hybridized carbons (Fsp3) is 1.00. The van der Waals surface area contributed by atoms with Crippen LogP contribution in [0, 0.1) is 11.8 Å². The molecule has 0 amide bonds. The van der Waals surface area contributed by atoms with Gasteiger partial charge < -0.3 is 9.80 Å². The van der Waals surface area contributed by atoms with Gasteiger partial charge in [0.15, 0.2) is 0 Å². The maximum atomic E-state index is 2.87. The van der Waals surface area contributed by atoms with Crippen molar-refractivity contribution in [3.8, 4) is 0 Å². The summed E-state index contributed by atoms with van der Waals surface area (Å²) < 4.78 is 0. The molecule has 2 aliphatic carbocycles. The van der Waals surface area contributed by atoms with Crippen molar-refractivity contribution in [1.29, 1.82) is 0 Å². The van der Waals surface area contributed by atoms with Crippen molar-refractivity contribution in [2.45, 2.75) is 89.1 Å². The van der Waals surface area contributed by atoms with E-state index in [4.69, 9.17) is 0 Å². The molecule has 0 radical (unpaired) electrons. The smallest absolute Gasteiger partial charge is 0.0120 e. The maximum Gasteiger partial charge on any atom is 0.0120 e. The van der Waals surface area contributed by atoms with Gasteiger partial charge in [-0.25, -0.2) is 0 Å². The van der Waals surface area contributed by atoms with Crippen LogP contribution in [0.1, 0.15) is 77.0 Å². The van der Waals surface area contributed by atoms with E-state index in [1.807, 2.05) is 0 Å². The van der Waals surface area contributed by atoms with E-state index in [0.717, 1.165) is 23.9 Å². The zero-order chi connectivity index (χ0) is 14.8. The maximum absolute atomic E-state index is 2.87. The van der Waals surface area contributed by atoms with E-state index in [2.05, 4.69) is 9.80 Å². The van der Waals surface area contributed by atoms with Gasteiger partial charge >= 0.3 is 0 Å². The molecule has 2 aliphatic heterocycles. The van der Waals surface area contributed by atoms with Crippen molar-refractivity contribution in [3.63, 3.8) is 0 Å². The molecule has 4 fully saturated rings. The van der Waals surface area contributed by atoms with Crippen LogP contribution in [0.4, 0.5) is 0 Å². The second kappa shape index (κ2) is 7.21. The van der Waals surface area contributed by atoms with E-state index in [1.54, 1.807) is 12.8 Å². The van der Waals surface area contributed by atoms with Gasteiger partial charge in [-0.3, -0.25) is 0 Å². The summed E-state index contributed by atoms with van der Waals surface area (Å²) in [5, 5.41) is 0. The number of piperidine rings is 2. The minimum Gasteiger partial charge on any atom is -0.300 e. The Balaban J connectivity index is 1.21. The van der Waals surface area contributed by atoms with Gasteiger partial charge in [0, 0.05) is 12.1 Å². The minimum absolute atomic E-state index is 0.919. The first kappa shape index (κ1) is 15.4. The summed E-state index contributed by atoms with van der Waals surface area (Å²) in [5.74, 6) is 2.18. The summed E-state index contributed by atoms with van der Waals surface area (Å²) in [6, 6.07) is 1.87. The third-order valence-corrected chi connectivity index (χ3v) is 7.50. The first-order valence-corrected chi connectivity index (χ1v) is 10.4. The van der Waals surface area contributed by atoms with Gasteiger partial charge in [-0.1, -0.05) is 38.5 Å². The molecule has 0 spiro atoms. The molecule has 2 heteroatoms. The number of likely N-dealkylation sites (tertiary alicyclic amines) is 2. The summed E-state index contributed by atoms with van der Waals surface area (Å²) >= 11 is 0. The Labute approximate surface area is 137 Å². The molecule has 2 heterocycles. The molecule has 4 rings (SSSR count). The van der Waals surface area contributed by atoms with E-state index in [9.17, 15) is 0 Å². The average Bonchev–Trinajstić information content (AvgIpc) is 3.29. The molecule has 22 heavy (non-hydrogen) atoms. The van der Waals surface area contributed by atoms with Crippen LogP contribution in [-0.2, 0) is 0 Å². The molecule has 0 bridgehead atoms. The lowest BCUT2D eigenvalue weighted by molar-refractivity contribution is 0.0536. The monoisotopic (exact) mass is 304 g/mol. The fourth-order valence-corrected chi connectivity index (χ4v) is 6.07. The Morgan fingerprint density at radius 3 is 1.41 bits per heavy atom. The molecule has 2 saturated carbocycles. The Morgan fingerprint density at radius 1 is 0.409 bits per heavy atom. The van der Waals surface area contributed by atoms with Crippen molar-refractivity contribution in [3.05, 3.63) is 0 Å². The van der Waals surface area contributed by atoms with Crippen LogP contribution < -0.4 is 0 Å². The summed E-state index contributed by atoms with van der Waals surface area (Å²) in [5.41, 5.74) is 0. The lowest BCUT2D eigenvalue weighted by atomic mass is 9.82. The van der Waals surface area contributed by atoms with Crippen LogP contribution >= 0.6 is 0 Å². The fourth-order valence-electron chi connectivity index (χ4n) is 6.07. The number of rotatable bonds is 3. The Bertz CT molecular complexity index is 294. The molecule has 0 aromatic rings. The predicted molar refractivity (Wildman–Crippen MR) is 93.1 cm³/mol. The highest BCUT2D eigenvalue weighted by Gasteiger charge is 2.33. The third kappa shape index (κ3) is 3.38. The molecule has 0 aromatic carbocycles. The van der Waals surface area contributed by atoms with E-state index in [-0.39, 0.29) is 0 Å². The van der Waals surface area contributed by atoms with E-state index in [1.165, 1.54) is 90.4 Å². The van der Waals surface area contributed by atoms with Gasteiger partial charge in [0.1, 0.15) is 0 Å². The first-order chi connectivity index (χ1) is 10.9. The molecular formula is C20H36N2. The summed E-state index contributed by atoms with van der Waals surface area (Å²) in [4.78, 5) is 5.70. The molecule has 4 aliphatic rings. The zero-order valence-corrected chi connectivity index (χ0v) is 14.5. The summed E-state index contributed by atoms with van der Waals surface area (Å²) in [6.45, 7) is 5.60. The molecule has 0 atom stereocenters. The predicted octanol–water partition coefficient (Wildman–Crippen LogP) is 4.30. The van der Waals surface area contributed by atoms with Gasteiger partial charge in [0.05, 0.1) is 0 Å². The van der Waals surface area contributed by atoms with Crippen LogP contribution in [0.15, 0.2) is 0 Å². The van der Waals surface area contributed by atoms with Gasteiger partial charge in [-0.15, -0.1) is 0 Å². The van der Waals surface area contributed by atoms with E-state index in [0.29, 0.717) is 0 Å². The van der Waals surface area contributed by atoms with Crippen molar-refractivity contribution in [2.75, 3.05) is 26.2 Å². The van der Waals surface area contributed by atoms with Crippen LogP contribution in [-0.4, -0.2) is 48.1 Å². The highest BCUT2D eigenvalue weighted by Crippen LogP contribution is 2.37. The quantitative estimate of drug-likeness (QED) is 0.767. The Hall–Kier alpha value is -0.0800. The zero-order valence-electron chi connectivity index (χ0n) is 14.5. The number of hydrogen-bond donors (Lipinski definition) is 0. The summed E-state index contributed by atoms with van der Waals surface area (Å²) in [7, 11) is 0. The summed E-state index contributed by atoms with van der Waals surface area (Å²) in [6.07, 6.45) is 18.0. The highest BCUT2D eigenvalue weighted by atomic mass is 15.2. The minimum atomic E-state index is 0.919. The lowest BCUT2D eigenvalue weighted by Crippen LogP contribution is -2.49. The van der Waals surface area contributed by atoms with Crippen LogP contribution in [0.25, 0.3) is 0 Å². The van der Waals surface area contributed by atoms with Gasteiger partial charge in [0.25, 0.3) is 0 Å². The van der Waals surface area contributed by atoms with E-state index >= 15 is 0 Å². The van der Waals surface area contributed by atoms with Gasteiger partial charge in [-0.2, -0.15) is 0 Å². The normalized spacial score (nSPS) is 32.2. The second-order valence-electron chi connectivity index (χ2n) is 8.62.